The molecule has 98 valence electrons. The van der Waals surface area contributed by atoms with E-state index < -0.39 is 9.84 Å². The van der Waals surface area contributed by atoms with Gasteiger partial charge in [-0.2, -0.15) is 5.10 Å². The first kappa shape index (κ1) is 13.1. The number of hydrogen-bond donors (Lipinski definition) is 0. The predicted molar refractivity (Wildman–Crippen MR) is 70.2 cm³/mol. The number of azide groups is 1. The van der Waals surface area contributed by atoms with E-state index in [-0.39, 0.29) is 4.90 Å². The highest BCUT2D eigenvalue weighted by molar-refractivity contribution is 7.90. The molecule has 0 amide bonds. The molecule has 0 spiro atoms. The number of aryl methyl sites for hydroxylation is 1. The summed E-state index contributed by atoms with van der Waals surface area (Å²) in [5.41, 5.74) is 9.82. The lowest BCUT2D eigenvalue weighted by Gasteiger charge is -2.05. The van der Waals surface area contributed by atoms with Gasteiger partial charge in [-0.05, 0) is 47.9 Å². The molecule has 0 radical (unpaired) electrons. The standard InChI is InChI=1S/C11H11N5O2S/c1-8-7-11(13-15-12)16(14-8)9-3-5-10(6-4-9)19(2,17)18/h3-7H,1-2H3. The van der Waals surface area contributed by atoms with Gasteiger partial charge in [-0.1, -0.05) is 0 Å². The molecule has 1 aromatic carbocycles. The van der Waals surface area contributed by atoms with Crippen molar-refractivity contribution >= 4 is 15.7 Å². The topological polar surface area (TPSA) is 101 Å². The van der Waals surface area contributed by atoms with Gasteiger partial charge in [0.1, 0.15) is 5.82 Å². The molecule has 1 heterocycles. The molecule has 0 aliphatic rings. The lowest BCUT2D eigenvalue weighted by atomic mass is 10.3. The molecule has 2 rings (SSSR count). The average molecular weight is 277 g/mol. The quantitative estimate of drug-likeness (QED) is 0.489. The summed E-state index contributed by atoms with van der Waals surface area (Å²) in [5.74, 6) is 0.354. The molecule has 0 N–H and O–H groups in total. The lowest BCUT2D eigenvalue weighted by molar-refractivity contribution is 0.602. The van der Waals surface area contributed by atoms with Gasteiger partial charge in [0, 0.05) is 11.2 Å². The molecule has 1 aromatic heterocycles. The van der Waals surface area contributed by atoms with Gasteiger partial charge in [0.15, 0.2) is 9.84 Å². The monoisotopic (exact) mass is 277 g/mol. The minimum atomic E-state index is -3.23. The van der Waals surface area contributed by atoms with Crippen molar-refractivity contribution in [1.29, 1.82) is 0 Å². The van der Waals surface area contributed by atoms with Gasteiger partial charge in [0.2, 0.25) is 0 Å². The summed E-state index contributed by atoms with van der Waals surface area (Å²) in [6.45, 7) is 1.78. The fourth-order valence-corrected chi connectivity index (χ4v) is 2.26. The third kappa shape index (κ3) is 2.75. The highest BCUT2D eigenvalue weighted by Crippen LogP contribution is 2.21. The van der Waals surface area contributed by atoms with Crippen LogP contribution in [0.25, 0.3) is 16.1 Å². The molecule has 0 aliphatic heterocycles. The maximum Gasteiger partial charge on any atom is 0.175 e. The van der Waals surface area contributed by atoms with Gasteiger partial charge in [-0.25, -0.2) is 13.1 Å². The Morgan fingerprint density at radius 1 is 1.32 bits per heavy atom. The molecule has 7 nitrogen and oxygen atoms in total. The zero-order valence-electron chi connectivity index (χ0n) is 10.3. The molecule has 0 aliphatic carbocycles. The number of sulfone groups is 1. The van der Waals surface area contributed by atoms with Crippen molar-refractivity contribution < 1.29 is 8.42 Å². The molecule has 0 fully saturated rings. The average Bonchev–Trinajstić information content (AvgIpc) is 2.70. The third-order valence-corrected chi connectivity index (χ3v) is 3.60. The molecule has 0 atom stereocenters. The van der Waals surface area contributed by atoms with Gasteiger partial charge in [0.25, 0.3) is 0 Å². The number of benzene rings is 1. The fraction of sp³-hybridized carbons (Fsp3) is 0.182. The second-order valence-corrected chi connectivity index (χ2v) is 6.03. The van der Waals surface area contributed by atoms with Crippen LogP contribution in [0.15, 0.2) is 40.3 Å². The van der Waals surface area contributed by atoms with Crippen molar-refractivity contribution in [2.75, 3.05) is 6.26 Å². The largest absolute Gasteiger partial charge is 0.231 e. The molecular weight excluding hydrogens is 266 g/mol. The Hall–Kier alpha value is -2.31. The maximum absolute atomic E-state index is 11.4. The first-order valence-electron chi connectivity index (χ1n) is 5.34. The van der Waals surface area contributed by atoms with Crippen LogP contribution < -0.4 is 0 Å². The summed E-state index contributed by atoms with van der Waals surface area (Å²) in [4.78, 5) is 2.96. The van der Waals surface area contributed by atoms with Crippen LogP contribution in [0.1, 0.15) is 5.69 Å². The Labute approximate surface area is 110 Å². The van der Waals surface area contributed by atoms with E-state index in [1.165, 1.54) is 16.8 Å². The fourth-order valence-electron chi connectivity index (χ4n) is 1.63. The maximum atomic E-state index is 11.4. The van der Waals surface area contributed by atoms with Gasteiger partial charge in [0.05, 0.1) is 16.3 Å². The van der Waals surface area contributed by atoms with E-state index in [9.17, 15) is 8.42 Å². The molecule has 0 saturated heterocycles. The van der Waals surface area contributed by atoms with E-state index in [4.69, 9.17) is 5.53 Å². The molecule has 8 heteroatoms. The lowest BCUT2D eigenvalue weighted by Crippen LogP contribution is -1.99. The van der Waals surface area contributed by atoms with Crippen molar-refractivity contribution in [1.82, 2.24) is 9.78 Å². The Morgan fingerprint density at radius 3 is 2.47 bits per heavy atom. The first-order chi connectivity index (χ1) is 8.91. The number of rotatable bonds is 3. The summed E-state index contributed by atoms with van der Waals surface area (Å²) < 4.78 is 24.2. The van der Waals surface area contributed by atoms with Gasteiger partial charge in [-0.15, -0.1) is 0 Å². The molecule has 19 heavy (non-hydrogen) atoms. The molecule has 0 saturated carbocycles. The van der Waals surface area contributed by atoms with Crippen LogP contribution in [0.4, 0.5) is 5.82 Å². The van der Waals surface area contributed by atoms with E-state index in [0.29, 0.717) is 17.2 Å². The van der Waals surface area contributed by atoms with Crippen LogP contribution in [-0.4, -0.2) is 24.5 Å². The van der Waals surface area contributed by atoms with E-state index >= 15 is 0 Å². The van der Waals surface area contributed by atoms with Gasteiger partial charge < -0.3 is 0 Å². The van der Waals surface area contributed by atoms with Gasteiger partial charge in [-0.3, -0.25) is 0 Å². The minimum Gasteiger partial charge on any atom is -0.231 e. The van der Waals surface area contributed by atoms with Crippen LogP contribution in [-0.2, 0) is 9.84 Å². The summed E-state index contributed by atoms with van der Waals surface area (Å²) in [5, 5.41) is 7.73. The Balaban J connectivity index is 2.51. The summed E-state index contributed by atoms with van der Waals surface area (Å²) >= 11 is 0. The SMILES string of the molecule is Cc1cc(N=[N+]=[N-])n(-c2ccc(S(C)(=O)=O)cc2)n1. The van der Waals surface area contributed by atoms with Crippen LogP contribution in [0.2, 0.25) is 0 Å². The Kier molecular flexibility index (Phi) is 3.28. The van der Waals surface area contributed by atoms with Crippen molar-refractivity contribution in [3.63, 3.8) is 0 Å². The summed E-state index contributed by atoms with van der Waals surface area (Å²) in [7, 11) is -3.23. The Morgan fingerprint density at radius 2 is 1.95 bits per heavy atom. The van der Waals surface area contributed by atoms with E-state index in [1.807, 2.05) is 0 Å². The molecule has 2 aromatic rings. The van der Waals surface area contributed by atoms with Crippen LogP contribution in [0.3, 0.4) is 0 Å². The number of nitrogens with zero attached hydrogens (tertiary/aromatic N) is 5. The second-order valence-electron chi connectivity index (χ2n) is 4.01. The molecule has 0 bridgehead atoms. The molecule has 0 unspecified atom stereocenters. The number of aromatic nitrogens is 2. The van der Waals surface area contributed by atoms with E-state index in [1.54, 1.807) is 25.1 Å². The Bertz CT molecular complexity index is 755. The second kappa shape index (κ2) is 4.75. The normalized spacial score (nSPS) is 11.1. The van der Waals surface area contributed by atoms with Crippen molar-refractivity contribution in [3.8, 4) is 5.69 Å². The summed E-state index contributed by atoms with van der Waals surface area (Å²) in [6.07, 6.45) is 1.14. The predicted octanol–water partition coefficient (Wildman–Crippen LogP) is 2.53. The van der Waals surface area contributed by atoms with Crippen LogP contribution in [0, 0.1) is 6.92 Å². The van der Waals surface area contributed by atoms with Crippen molar-refractivity contribution in [2.45, 2.75) is 11.8 Å². The first-order valence-corrected chi connectivity index (χ1v) is 7.23. The molecular formula is C11H11N5O2S. The van der Waals surface area contributed by atoms with Crippen molar-refractivity contribution in [3.05, 3.63) is 46.5 Å². The highest BCUT2D eigenvalue weighted by Gasteiger charge is 2.09. The van der Waals surface area contributed by atoms with E-state index in [0.717, 1.165) is 6.26 Å². The minimum absolute atomic E-state index is 0.227. The third-order valence-electron chi connectivity index (χ3n) is 2.47. The summed E-state index contributed by atoms with van der Waals surface area (Å²) in [6, 6.07) is 7.84. The van der Waals surface area contributed by atoms with Crippen LogP contribution in [0.5, 0.6) is 0 Å². The smallest absolute Gasteiger partial charge is 0.175 e. The zero-order valence-corrected chi connectivity index (χ0v) is 11.2. The highest BCUT2D eigenvalue weighted by atomic mass is 32.2. The zero-order chi connectivity index (χ0) is 14.0. The van der Waals surface area contributed by atoms with Crippen LogP contribution >= 0.6 is 0 Å². The van der Waals surface area contributed by atoms with Crippen molar-refractivity contribution in [2.24, 2.45) is 5.11 Å². The van der Waals surface area contributed by atoms with E-state index in [2.05, 4.69) is 15.1 Å². The van der Waals surface area contributed by atoms with Gasteiger partial charge >= 0.3 is 0 Å². The number of hydrogen-bond acceptors (Lipinski definition) is 4.